The average molecular weight is 187 g/mol. The Morgan fingerprint density at radius 1 is 1.64 bits per heavy atom. The van der Waals surface area contributed by atoms with E-state index < -0.39 is 0 Å². The summed E-state index contributed by atoms with van der Waals surface area (Å²) in [5, 5.41) is 8.72. The summed E-state index contributed by atoms with van der Waals surface area (Å²) in [5.41, 5.74) is 3.41. The van der Waals surface area contributed by atoms with Crippen LogP contribution >= 0.6 is 0 Å². The van der Waals surface area contributed by atoms with E-state index in [-0.39, 0.29) is 0 Å². The Bertz CT molecular complexity index is 326. The predicted molar refractivity (Wildman–Crippen MR) is 59.6 cm³/mol. The van der Waals surface area contributed by atoms with Crippen molar-refractivity contribution in [1.82, 2.24) is 0 Å². The van der Waals surface area contributed by atoms with Crippen molar-refractivity contribution < 1.29 is 0 Å². The number of hydrogen-bond acceptors (Lipinski definition) is 1. The first-order chi connectivity index (χ1) is 6.69. The van der Waals surface area contributed by atoms with Gasteiger partial charge in [0.25, 0.3) is 0 Å². The molecule has 0 saturated carbocycles. The molecule has 1 aliphatic rings. The number of allylic oxidation sites excluding steroid dienone is 5. The SMILES string of the molecule is C=CC1=C(/C=C(\C)C#N)CCC[C@@H]1C. The van der Waals surface area contributed by atoms with Gasteiger partial charge in [-0.1, -0.05) is 19.6 Å². The van der Waals surface area contributed by atoms with Crippen LogP contribution in [0, 0.1) is 17.2 Å². The standard InChI is InChI=1S/C13H17N/c1-4-13-11(3)6-5-7-12(13)8-10(2)9-14/h4,8,11H,1,5-7H2,2-3H3/b10-8+/t11-/m0/s1. The highest BCUT2D eigenvalue weighted by molar-refractivity contribution is 5.39. The second kappa shape index (κ2) is 4.81. The lowest BCUT2D eigenvalue weighted by atomic mass is 9.83. The van der Waals surface area contributed by atoms with Gasteiger partial charge in [0.2, 0.25) is 0 Å². The molecule has 1 rings (SSSR count). The number of nitrogens with zero attached hydrogens (tertiary/aromatic N) is 1. The lowest BCUT2D eigenvalue weighted by molar-refractivity contribution is 0.552. The molecular weight excluding hydrogens is 170 g/mol. The summed E-state index contributed by atoms with van der Waals surface area (Å²) in [6.07, 6.45) is 7.51. The van der Waals surface area contributed by atoms with Gasteiger partial charge in [-0.15, -0.1) is 0 Å². The van der Waals surface area contributed by atoms with Crippen LogP contribution in [-0.2, 0) is 0 Å². The molecule has 1 atom stereocenters. The van der Waals surface area contributed by atoms with E-state index >= 15 is 0 Å². The van der Waals surface area contributed by atoms with Crippen molar-refractivity contribution in [1.29, 1.82) is 5.26 Å². The number of nitriles is 1. The third kappa shape index (κ3) is 2.35. The molecule has 1 heteroatoms. The van der Waals surface area contributed by atoms with Gasteiger partial charge in [0.05, 0.1) is 6.07 Å². The highest BCUT2D eigenvalue weighted by atomic mass is 14.2. The Morgan fingerprint density at radius 2 is 2.36 bits per heavy atom. The van der Waals surface area contributed by atoms with Gasteiger partial charge in [-0.05, 0) is 49.3 Å². The molecule has 0 aromatic carbocycles. The fourth-order valence-corrected chi connectivity index (χ4v) is 2.00. The molecule has 0 N–H and O–H groups in total. The minimum Gasteiger partial charge on any atom is -0.193 e. The third-order valence-corrected chi connectivity index (χ3v) is 2.77. The summed E-state index contributed by atoms with van der Waals surface area (Å²) in [7, 11) is 0. The van der Waals surface area contributed by atoms with Gasteiger partial charge in [0.1, 0.15) is 0 Å². The molecule has 0 saturated heterocycles. The summed E-state index contributed by atoms with van der Waals surface area (Å²) in [5.74, 6) is 0.596. The van der Waals surface area contributed by atoms with E-state index in [1.165, 1.54) is 24.0 Å². The summed E-state index contributed by atoms with van der Waals surface area (Å²) < 4.78 is 0. The molecule has 0 aromatic heterocycles. The Hall–Kier alpha value is -1.29. The van der Waals surface area contributed by atoms with Crippen molar-refractivity contribution in [2.45, 2.75) is 33.1 Å². The van der Waals surface area contributed by atoms with Crippen LogP contribution in [0.3, 0.4) is 0 Å². The van der Waals surface area contributed by atoms with Crippen LogP contribution in [0.25, 0.3) is 0 Å². The molecule has 14 heavy (non-hydrogen) atoms. The minimum absolute atomic E-state index is 0.596. The summed E-state index contributed by atoms with van der Waals surface area (Å²) in [6.45, 7) is 7.93. The van der Waals surface area contributed by atoms with Crippen molar-refractivity contribution in [3.8, 4) is 6.07 Å². The molecule has 0 spiro atoms. The fourth-order valence-electron chi connectivity index (χ4n) is 2.00. The zero-order valence-corrected chi connectivity index (χ0v) is 9.01. The third-order valence-electron chi connectivity index (χ3n) is 2.77. The van der Waals surface area contributed by atoms with E-state index in [0.717, 1.165) is 12.0 Å². The summed E-state index contributed by atoms with van der Waals surface area (Å²) >= 11 is 0. The predicted octanol–water partition coefficient (Wildman–Crippen LogP) is 3.76. The summed E-state index contributed by atoms with van der Waals surface area (Å²) in [6, 6.07) is 2.16. The molecular formula is C13H17N. The lowest BCUT2D eigenvalue weighted by Crippen LogP contribution is -2.06. The Labute approximate surface area is 86.4 Å². The molecule has 0 radical (unpaired) electrons. The quantitative estimate of drug-likeness (QED) is 0.604. The van der Waals surface area contributed by atoms with E-state index in [4.69, 9.17) is 5.26 Å². The first kappa shape index (κ1) is 10.8. The van der Waals surface area contributed by atoms with Crippen LogP contribution in [0.2, 0.25) is 0 Å². The van der Waals surface area contributed by atoms with Crippen LogP contribution in [0.4, 0.5) is 0 Å². The maximum absolute atomic E-state index is 8.72. The van der Waals surface area contributed by atoms with Crippen LogP contribution in [0.5, 0.6) is 0 Å². The van der Waals surface area contributed by atoms with E-state index in [2.05, 4.69) is 19.6 Å². The van der Waals surface area contributed by atoms with Gasteiger partial charge < -0.3 is 0 Å². The largest absolute Gasteiger partial charge is 0.193 e. The molecule has 0 heterocycles. The highest BCUT2D eigenvalue weighted by Gasteiger charge is 2.15. The van der Waals surface area contributed by atoms with Crippen LogP contribution in [0.1, 0.15) is 33.1 Å². The van der Waals surface area contributed by atoms with Crippen molar-refractivity contribution >= 4 is 0 Å². The topological polar surface area (TPSA) is 23.8 Å². The molecule has 0 aromatic rings. The normalized spacial score (nSPS) is 23.2. The van der Waals surface area contributed by atoms with E-state index in [1.54, 1.807) is 0 Å². The second-order valence-electron chi connectivity index (χ2n) is 3.92. The van der Waals surface area contributed by atoms with Crippen molar-refractivity contribution in [3.63, 3.8) is 0 Å². The maximum Gasteiger partial charge on any atom is 0.0944 e. The van der Waals surface area contributed by atoms with Gasteiger partial charge in [0, 0.05) is 5.57 Å². The molecule has 74 valence electrons. The lowest BCUT2D eigenvalue weighted by Gasteiger charge is -2.22. The van der Waals surface area contributed by atoms with Crippen molar-refractivity contribution in [3.05, 3.63) is 35.5 Å². The first-order valence-corrected chi connectivity index (χ1v) is 5.13. The second-order valence-corrected chi connectivity index (χ2v) is 3.92. The van der Waals surface area contributed by atoms with Gasteiger partial charge >= 0.3 is 0 Å². The van der Waals surface area contributed by atoms with Gasteiger partial charge in [-0.25, -0.2) is 0 Å². The molecule has 0 unspecified atom stereocenters. The average Bonchev–Trinajstić information content (AvgIpc) is 2.18. The van der Waals surface area contributed by atoms with E-state index in [1.807, 2.05) is 19.1 Å². The molecule has 0 aliphatic heterocycles. The van der Waals surface area contributed by atoms with Gasteiger partial charge in [0.15, 0.2) is 0 Å². The van der Waals surface area contributed by atoms with E-state index in [0.29, 0.717) is 5.92 Å². The fraction of sp³-hybridized carbons (Fsp3) is 0.462. The Morgan fingerprint density at radius 3 is 2.93 bits per heavy atom. The number of hydrogen-bond donors (Lipinski definition) is 0. The molecule has 1 aliphatic carbocycles. The maximum atomic E-state index is 8.72. The van der Waals surface area contributed by atoms with Crippen molar-refractivity contribution in [2.75, 3.05) is 0 Å². The Balaban J connectivity index is 3.04. The number of rotatable bonds is 2. The van der Waals surface area contributed by atoms with E-state index in [9.17, 15) is 0 Å². The first-order valence-electron chi connectivity index (χ1n) is 5.13. The van der Waals surface area contributed by atoms with Crippen molar-refractivity contribution in [2.24, 2.45) is 5.92 Å². The highest BCUT2D eigenvalue weighted by Crippen LogP contribution is 2.31. The zero-order chi connectivity index (χ0) is 10.6. The van der Waals surface area contributed by atoms with Crippen LogP contribution < -0.4 is 0 Å². The smallest absolute Gasteiger partial charge is 0.0944 e. The van der Waals surface area contributed by atoms with Gasteiger partial charge in [-0.3, -0.25) is 0 Å². The van der Waals surface area contributed by atoms with Crippen LogP contribution in [-0.4, -0.2) is 0 Å². The molecule has 0 amide bonds. The molecule has 0 fully saturated rings. The molecule has 0 bridgehead atoms. The Kier molecular flexibility index (Phi) is 3.71. The minimum atomic E-state index is 0.596. The monoisotopic (exact) mass is 187 g/mol. The van der Waals surface area contributed by atoms with Gasteiger partial charge in [-0.2, -0.15) is 5.26 Å². The summed E-state index contributed by atoms with van der Waals surface area (Å²) in [4.78, 5) is 0. The van der Waals surface area contributed by atoms with Crippen LogP contribution in [0.15, 0.2) is 35.5 Å². The zero-order valence-electron chi connectivity index (χ0n) is 9.01. The molecule has 1 nitrogen and oxygen atoms in total.